The molecule has 88 valence electrons. The largest absolute Gasteiger partial charge is 0.461 e. The molecule has 0 saturated carbocycles. The normalized spacial score (nSPS) is 14.2. The van der Waals surface area contributed by atoms with Crippen molar-refractivity contribution in [3.8, 4) is 0 Å². The number of hydrogen-bond acceptors (Lipinski definition) is 3. The minimum atomic E-state index is -0.271. The Balaban J connectivity index is 2.49. The fraction of sp³-hybridized carbons (Fsp3) is 0.417. The lowest BCUT2D eigenvalue weighted by molar-refractivity contribution is -0.149. The molecule has 3 nitrogen and oxygen atoms in total. The van der Waals surface area contributed by atoms with Gasteiger partial charge in [-0.05, 0) is 24.6 Å². The van der Waals surface area contributed by atoms with Crippen molar-refractivity contribution in [1.29, 1.82) is 0 Å². The summed E-state index contributed by atoms with van der Waals surface area (Å²) in [5.41, 5.74) is 6.58. The highest BCUT2D eigenvalue weighted by Crippen LogP contribution is 2.13. The van der Waals surface area contributed by atoms with Crippen molar-refractivity contribution < 1.29 is 9.53 Å². The number of hydrogen-bond donors (Lipinski definition) is 1. The van der Waals surface area contributed by atoms with Crippen molar-refractivity contribution in [2.75, 3.05) is 0 Å². The van der Waals surface area contributed by atoms with Crippen LogP contribution < -0.4 is 5.73 Å². The quantitative estimate of drug-likeness (QED) is 0.865. The smallest absolute Gasteiger partial charge is 0.310 e. The number of carbonyl (C=O) groups is 1. The third-order valence-corrected chi connectivity index (χ3v) is 2.92. The van der Waals surface area contributed by atoms with Crippen molar-refractivity contribution in [3.05, 3.63) is 34.3 Å². The average molecular weight is 286 g/mol. The Morgan fingerprint density at radius 3 is 2.75 bits per heavy atom. The lowest BCUT2D eigenvalue weighted by Gasteiger charge is -2.14. The lowest BCUT2D eigenvalue weighted by Crippen LogP contribution is -2.31. The highest BCUT2D eigenvalue weighted by atomic mass is 79.9. The molecule has 0 aromatic heterocycles. The Morgan fingerprint density at radius 2 is 2.19 bits per heavy atom. The van der Waals surface area contributed by atoms with Crippen LogP contribution in [0.15, 0.2) is 28.7 Å². The first-order chi connectivity index (χ1) is 7.50. The monoisotopic (exact) mass is 285 g/mol. The molecule has 1 aromatic rings. The topological polar surface area (TPSA) is 52.3 Å². The van der Waals surface area contributed by atoms with E-state index in [1.54, 1.807) is 13.8 Å². The fourth-order valence-electron chi connectivity index (χ4n) is 1.13. The van der Waals surface area contributed by atoms with E-state index in [1.165, 1.54) is 0 Å². The number of rotatable bonds is 4. The van der Waals surface area contributed by atoms with Crippen LogP contribution in [0.5, 0.6) is 0 Å². The van der Waals surface area contributed by atoms with E-state index in [9.17, 15) is 4.79 Å². The second-order valence-electron chi connectivity index (χ2n) is 3.89. The molecule has 0 saturated heterocycles. The average Bonchev–Trinajstić information content (AvgIpc) is 2.24. The van der Waals surface area contributed by atoms with Crippen molar-refractivity contribution >= 4 is 21.9 Å². The summed E-state index contributed by atoms with van der Waals surface area (Å²) in [5.74, 6) is -0.526. The first kappa shape index (κ1) is 13.2. The number of ether oxygens (including phenoxy) is 1. The molecule has 2 atom stereocenters. The van der Waals surface area contributed by atoms with Gasteiger partial charge in [-0.3, -0.25) is 4.79 Å². The van der Waals surface area contributed by atoms with Crippen LogP contribution in [0.1, 0.15) is 19.4 Å². The summed E-state index contributed by atoms with van der Waals surface area (Å²) < 4.78 is 6.14. The minimum absolute atomic E-state index is 0.185. The predicted octanol–water partition coefficient (Wildman–Crippen LogP) is 2.48. The first-order valence-electron chi connectivity index (χ1n) is 5.17. The summed E-state index contributed by atoms with van der Waals surface area (Å²) in [4.78, 5) is 11.5. The molecule has 0 aliphatic rings. The highest BCUT2D eigenvalue weighted by Gasteiger charge is 2.18. The molecule has 0 bridgehead atoms. The fourth-order valence-corrected chi connectivity index (χ4v) is 1.57. The molecule has 0 spiro atoms. The Bertz CT molecular complexity index is 366. The summed E-state index contributed by atoms with van der Waals surface area (Å²) in [5, 5.41) is 0. The third kappa shape index (κ3) is 3.94. The molecule has 0 radical (unpaired) electrons. The Labute approximate surface area is 104 Å². The van der Waals surface area contributed by atoms with Crippen molar-refractivity contribution in [1.82, 2.24) is 0 Å². The Morgan fingerprint density at radius 1 is 1.50 bits per heavy atom. The molecule has 0 fully saturated rings. The molecule has 2 N–H and O–H groups in total. The summed E-state index contributed by atoms with van der Waals surface area (Å²) in [6.07, 6.45) is 0. The van der Waals surface area contributed by atoms with Crippen LogP contribution in [-0.4, -0.2) is 12.0 Å². The molecule has 0 heterocycles. The number of esters is 1. The molecule has 2 unspecified atom stereocenters. The molecular formula is C12H16BrNO2. The summed E-state index contributed by atoms with van der Waals surface area (Å²) >= 11 is 3.36. The number of benzene rings is 1. The van der Waals surface area contributed by atoms with Gasteiger partial charge >= 0.3 is 5.97 Å². The Kier molecular flexibility index (Phi) is 4.96. The standard InChI is InChI=1S/C12H16BrNO2/c1-8(9(2)14)12(15)16-7-10-4-3-5-11(13)6-10/h3-6,8-9H,7,14H2,1-2H3. The van der Waals surface area contributed by atoms with Gasteiger partial charge in [0.25, 0.3) is 0 Å². The van der Waals surface area contributed by atoms with Crippen molar-refractivity contribution in [3.63, 3.8) is 0 Å². The van der Waals surface area contributed by atoms with E-state index in [1.807, 2.05) is 24.3 Å². The van der Waals surface area contributed by atoms with Gasteiger partial charge in [0.2, 0.25) is 0 Å². The zero-order valence-corrected chi connectivity index (χ0v) is 11.0. The third-order valence-electron chi connectivity index (χ3n) is 2.43. The van der Waals surface area contributed by atoms with Crippen LogP contribution >= 0.6 is 15.9 Å². The van der Waals surface area contributed by atoms with Crippen LogP contribution in [0.2, 0.25) is 0 Å². The molecule has 1 aromatic carbocycles. The maximum absolute atomic E-state index is 11.5. The van der Waals surface area contributed by atoms with E-state index < -0.39 is 0 Å². The second-order valence-corrected chi connectivity index (χ2v) is 4.80. The van der Waals surface area contributed by atoms with Crippen LogP contribution in [0.4, 0.5) is 0 Å². The maximum atomic E-state index is 11.5. The van der Waals surface area contributed by atoms with Gasteiger partial charge in [-0.25, -0.2) is 0 Å². The number of halogens is 1. The van der Waals surface area contributed by atoms with Gasteiger partial charge in [0, 0.05) is 10.5 Å². The molecular weight excluding hydrogens is 270 g/mol. The van der Waals surface area contributed by atoms with Crippen LogP contribution in [-0.2, 0) is 16.1 Å². The van der Waals surface area contributed by atoms with Gasteiger partial charge < -0.3 is 10.5 Å². The van der Waals surface area contributed by atoms with Crippen molar-refractivity contribution in [2.24, 2.45) is 11.7 Å². The molecule has 0 aliphatic heterocycles. The van der Waals surface area contributed by atoms with Gasteiger partial charge in [-0.1, -0.05) is 35.0 Å². The summed E-state index contributed by atoms with van der Waals surface area (Å²) in [7, 11) is 0. The second kappa shape index (κ2) is 6.01. The number of carbonyl (C=O) groups excluding carboxylic acids is 1. The summed E-state index contributed by atoms with van der Waals surface area (Å²) in [6.45, 7) is 3.86. The van der Waals surface area contributed by atoms with Crippen LogP contribution in [0, 0.1) is 5.92 Å². The van der Waals surface area contributed by atoms with Gasteiger partial charge in [0.1, 0.15) is 6.61 Å². The van der Waals surface area contributed by atoms with E-state index in [2.05, 4.69) is 15.9 Å². The molecule has 1 rings (SSSR count). The van der Waals surface area contributed by atoms with Gasteiger partial charge in [0.15, 0.2) is 0 Å². The molecule has 0 amide bonds. The van der Waals surface area contributed by atoms with E-state index in [4.69, 9.17) is 10.5 Å². The molecule has 16 heavy (non-hydrogen) atoms. The van der Waals surface area contributed by atoms with E-state index in [0.717, 1.165) is 10.0 Å². The SMILES string of the molecule is CC(N)C(C)C(=O)OCc1cccc(Br)c1. The zero-order valence-electron chi connectivity index (χ0n) is 9.44. The highest BCUT2D eigenvalue weighted by molar-refractivity contribution is 9.10. The lowest BCUT2D eigenvalue weighted by atomic mass is 10.1. The van der Waals surface area contributed by atoms with Gasteiger partial charge in [-0.15, -0.1) is 0 Å². The van der Waals surface area contributed by atoms with E-state index in [0.29, 0.717) is 0 Å². The van der Waals surface area contributed by atoms with E-state index >= 15 is 0 Å². The first-order valence-corrected chi connectivity index (χ1v) is 5.96. The van der Waals surface area contributed by atoms with Crippen LogP contribution in [0.3, 0.4) is 0 Å². The van der Waals surface area contributed by atoms with Crippen LogP contribution in [0.25, 0.3) is 0 Å². The number of nitrogens with two attached hydrogens (primary N) is 1. The summed E-state index contributed by atoms with van der Waals surface area (Å²) in [6, 6.07) is 7.48. The predicted molar refractivity (Wildman–Crippen MR) is 66.8 cm³/mol. The molecule has 0 aliphatic carbocycles. The van der Waals surface area contributed by atoms with Crippen molar-refractivity contribution in [2.45, 2.75) is 26.5 Å². The molecule has 4 heteroatoms. The van der Waals surface area contributed by atoms with E-state index in [-0.39, 0.29) is 24.5 Å². The van der Waals surface area contributed by atoms with Gasteiger partial charge in [-0.2, -0.15) is 0 Å². The minimum Gasteiger partial charge on any atom is -0.461 e. The Hall–Kier alpha value is -0.870. The van der Waals surface area contributed by atoms with Gasteiger partial charge in [0.05, 0.1) is 5.92 Å². The zero-order chi connectivity index (χ0) is 12.1. The maximum Gasteiger partial charge on any atom is 0.310 e.